The van der Waals surface area contributed by atoms with Gasteiger partial charge in [0.25, 0.3) is 5.56 Å². The fourth-order valence-electron chi connectivity index (χ4n) is 3.50. The van der Waals surface area contributed by atoms with Gasteiger partial charge in [0.1, 0.15) is 10.7 Å². The first-order valence-corrected chi connectivity index (χ1v) is 10.0. The van der Waals surface area contributed by atoms with Gasteiger partial charge in [0, 0.05) is 4.88 Å². The van der Waals surface area contributed by atoms with Gasteiger partial charge < -0.3 is 14.5 Å². The van der Waals surface area contributed by atoms with E-state index in [1.54, 1.807) is 18.4 Å². The fraction of sp³-hybridized carbons (Fsp3) is 0.333. The van der Waals surface area contributed by atoms with E-state index in [0.717, 1.165) is 35.0 Å². The van der Waals surface area contributed by atoms with Crippen LogP contribution in [-0.4, -0.2) is 23.7 Å². The smallest absolute Gasteiger partial charge is 0.260 e. The Morgan fingerprint density at radius 3 is 2.89 bits per heavy atom. The van der Waals surface area contributed by atoms with Crippen molar-refractivity contribution in [2.45, 2.75) is 32.6 Å². The molecule has 2 heterocycles. The molecule has 3 aromatic rings. The summed E-state index contributed by atoms with van der Waals surface area (Å²) in [6.07, 6.45) is 8.14. The maximum absolute atomic E-state index is 12.6. The minimum Gasteiger partial charge on any atom is -0.493 e. The number of hydrogen-bond acceptors (Lipinski definition) is 5. The number of aromatic amines is 1. The number of benzene rings is 1. The molecule has 0 bridgehead atoms. The third-order valence-electron chi connectivity index (χ3n) is 4.76. The van der Waals surface area contributed by atoms with Gasteiger partial charge >= 0.3 is 0 Å². The number of methoxy groups -OCH3 is 1. The molecule has 0 fully saturated rings. The minimum absolute atomic E-state index is 0.0386. The highest BCUT2D eigenvalue weighted by Crippen LogP contribution is 2.33. The minimum atomic E-state index is -0.0386. The lowest BCUT2D eigenvalue weighted by Crippen LogP contribution is -2.11. The SMILES string of the molecule is CCOc1ccc(/C=C/c2nc3sc4c(c3c(=O)[nH]2)CCCC4)cc1OC. The van der Waals surface area contributed by atoms with Gasteiger partial charge in [0.15, 0.2) is 11.5 Å². The number of rotatable bonds is 5. The van der Waals surface area contributed by atoms with Crippen molar-refractivity contribution >= 4 is 33.7 Å². The highest BCUT2D eigenvalue weighted by Gasteiger charge is 2.19. The van der Waals surface area contributed by atoms with Crippen LogP contribution in [-0.2, 0) is 12.8 Å². The van der Waals surface area contributed by atoms with Crippen LogP contribution in [0.2, 0.25) is 0 Å². The first-order chi connectivity index (χ1) is 13.2. The Bertz CT molecular complexity index is 1070. The Morgan fingerprint density at radius 1 is 1.22 bits per heavy atom. The van der Waals surface area contributed by atoms with Crippen LogP contribution in [0.25, 0.3) is 22.4 Å². The van der Waals surface area contributed by atoms with Crippen molar-refractivity contribution in [3.05, 3.63) is 50.4 Å². The van der Waals surface area contributed by atoms with Crippen molar-refractivity contribution in [2.75, 3.05) is 13.7 Å². The van der Waals surface area contributed by atoms with E-state index in [9.17, 15) is 4.79 Å². The Labute approximate surface area is 161 Å². The molecule has 1 aliphatic rings. The van der Waals surface area contributed by atoms with E-state index < -0.39 is 0 Å². The molecule has 0 saturated carbocycles. The molecular weight excluding hydrogens is 360 g/mol. The second kappa shape index (κ2) is 7.56. The number of aromatic nitrogens is 2. The van der Waals surface area contributed by atoms with Gasteiger partial charge in [-0.15, -0.1) is 11.3 Å². The zero-order valence-corrected chi connectivity index (χ0v) is 16.3. The number of ether oxygens (including phenoxy) is 2. The predicted molar refractivity (Wildman–Crippen MR) is 110 cm³/mol. The zero-order valence-electron chi connectivity index (χ0n) is 15.5. The van der Waals surface area contributed by atoms with Gasteiger partial charge in [-0.2, -0.15) is 0 Å². The first-order valence-electron chi connectivity index (χ1n) is 9.23. The third-order valence-corrected chi connectivity index (χ3v) is 5.95. The molecule has 0 saturated heterocycles. The predicted octanol–water partition coefficient (Wildman–Crippen LogP) is 4.44. The largest absolute Gasteiger partial charge is 0.493 e. The molecule has 0 radical (unpaired) electrons. The maximum Gasteiger partial charge on any atom is 0.260 e. The Balaban J connectivity index is 1.66. The van der Waals surface area contributed by atoms with Crippen LogP contribution in [0, 0.1) is 0 Å². The van der Waals surface area contributed by atoms with Gasteiger partial charge in [0.05, 0.1) is 19.1 Å². The van der Waals surface area contributed by atoms with E-state index in [4.69, 9.17) is 9.47 Å². The Hall–Kier alpha value is -2.60. The summed E-state index contributed by atoms with van der Waals surface area (Å²) < 4.78 is 10.9. The second-order valence-corrected chi connectivity index (χ2v) is 7.60. The molecule has 0 aliphatic heterocycles. The lowest BCUT2D eigenvalue weighted by Gasteiger charge is -2.09. The molecule has 1 aromatic carbocycles. The summed E-state index contributed by atoms with van der Waals surface area (Å²) in [7, 11) is 1.62. The molecule has 0 atom stereocenters. The molecule has 0 unspecified atom stereocenters. The normalized spacial score (nSPS) is 13.9. The molecule has 0 spiro atoms. The topological polar surface area (TPSA) is 64.2 Å². The monoisotopic (exact) mass is 382 g/mol. The van der Waals surface area contributed by atoms with Gasteiger partial charge in [-0.25, -0.2) is 4.98 Å². The van der Waals surface area contributed by atoms with Gasteiger partial charge in [0.2, 0.25) is 0 Å². The average Bonchev–Trinajstić information content (AvgIpc) is 3.06. The molecule has 4 rings (SSSR count). The third kappa shape index (κ3) is 3.49. The molecule has 1 aliphatic carbocycles. The lowest BCUT2D eigenvalue weighted by atomic mass is 9.97. The summed E-state index contributed by atoms with van der Waals surface area (Å²) in [5, 5.41) is 0.787. The number of aryl methyl sites for hydroxylation is 2. The Kier molecular flexibility index (Phi) is 4.99. The summed E-state index contributed by atoms with van der Waals surface area (Å²) >= 11 is 1.66. The standard InChI is InChI=1S/C21H22N2O3S/c1-3-26-15-10-8-13(12-16(15)25-2)9-11-18-22-20(24)19-14-6-4-5-7-17(14)27-21(19)23-18/h8-12H,3-7H2,1-2H3,(H,22,23,24)/b11-9+. The molecular formula is C21H22N2O3S. The van der Waals surface area contributed by atoms with E-state index in [1.807, 2.05) is 37.3 Å². The van der Waals surface area contributed by atoms with Crippen molar-refractivity contribution < 1.29 is 9.47 Å². The highest BCUT2D eigenvalue weighted by atomic mass is 32.1. The summed E-state index contributed by atoms with van der Waals surface area (Å²) in [5.74, 6) is 1.97. The summed E-state index contributed by atoms with van der Waals surface area (Å²) in [6.45, 7) is 2.52. The van der Waals surface area contributed by atoms with Crippen LogP contribution in [0.5, 0.6) is 11.5 Å². The quantitative estimate of drug-likeness (QED) is 0.708. The summed E-state index contributed by atoms with van der Waals surface area (Å²) in [6, 6.07) is 5.74. The van der Waals surface area contributed by atoms with Gasteiger partial charge in [-0.05, 0) is 61.9 Å². The van der Waals surface area contributed by atoms with Crippen LogP contribution in [0.4, 0.5) is 0 Å². The maximum atomic E-state index is 12.6. The molecule has 0 amide bonds. The van der Waals surface area contributed by atoms with Crippen LogP contribution in [0.3, 0.4) is 0 Å². The van der Waals surface area contributed by atoms with E-state index in [0.29, 0.717) is 23.9 Å². The van der Waals surface area contributed by atoms with Gasteiger partial charge in [-0.1, -0.05) is 12.1 Å². The van der Waals surface area contributed by atoms with Crippen LogP contribution in [0.15, 0.2) is 23.0 Å². The number of nitrogens with zero attached hydrogens (tertiary/aromatic N) is 1. The van der Waals surface area contributed by atoms with Crippen molar-refractivity contribution in [2.24, 2.45) is 0 Å². The van der Waals surface area contributed by atoms with Crippen LogP contribution in [0.1, 0.15) is 41.6 Å². The summed E-state index contributed by atoms with van der Waals surface area (Å²) in [4.78, 5) is 22.3. The molecule has 27 heavy (non-hydrogen) atoms. The zero-order chi connectivity index (χ0) is 18.8. The number of thiophene rings is 1. The molecule has 6 heteroatoms. The van der Waals surface area contributed by atoms with E-state index >= 15 is 0 Å². The summed E-state index contributed by atoms with van der Waals surface area (Å²) in [5.41, 5.74) is 2.12. The van der Waals surface area contributed by atoms with Crippen LogP contribution >= 0.6 is 11.3 Å². The highest BCUT2D eigenvalue weighted by molar-refractivity contribution is 7.18. The number of fused-ring (bicyclic) bond motifs is 3. The first kappa shape index (κ1) is 17.8. The molecule has 1 N–H and O–H groups in total. The van der Waals surface area contributed by atoms with Crippen molar-refractivity contribution in [1.29, 1.82) is 0 Å². The molecule has 140 valence electrons. The number of hydrogen-bond donors (Lipinski definition) is 1. The van der Waals surface area contributed by atoms with E-state index in [-0.39, 0.29) is 5.56 Å². The van der Waals surface area contributed by atoms with Crippen molar-refractivity contribution in [3.63, 3.8) is 0 Å². The lowest BCUT2D eigenvalue weighted by molar-refractivity contribution is 0.311. The molecule has 5 nitrogen and oxygen atoms in total. The number of nitrogens with one attached hydrogen (secondary N) is 1. The average molecular weight is 382 g/mol. The van der Waals surface area contributed by atoms with Crippen molar-refractivity contribution in [3.8, 4) is 11.5 Å². The van der Waals surface area contributed by atoms with Crippen molar-refractivity contribution in [1.82, 2.24) is 9.97 Å². The van der Waals surface area contributed by atoms with E-state index in [2.05, 4.69) is 9.97 Å². The fourth-order valence-corrected chi connectivity index (χ4v) is 4.77. The number of H-pyrrole nitrogens is 1. The van der Waals surface area contributed by atoms with Gasteiger partial charge in [-0.3, -0.25) is 4.79 Å². The Morgan fingerprint density at radius 2 is 2.07 bits per heavy atom. The van der Waals surface area contributed by atoms with Crippen LogP contribution < -0.4 is 15.0 Å². The molecule has 2 aromatic heterocycles. The second-order valence-electron chi connectivity index (χ2n) is 6.52. The van der Waals surface area contributed by atoms with E-state index in [1.165, 1.54) is 16.9 Å².